The first kappa shape index (κ1) is 22.9. The minimum atomic E-state index is -0.158. The lowest BCUT2D eigenvalue weighted by Gasteiger charge is -2.31. The molecule has 2 aromatic heterocycles. The molecule has 188 valence electrons. The number of likely N-dealkylation sites (tertiary alicyclic amines) is 1. The van der Waals surface area contributed by atoms with Crippen LogP contribution >= 0.6 is 0 Å². The molecular formula is C28H26N4O5. The average Bonchev–Trinajstić information content (AvgIpc) is 3.58. The van der Waals surface area contributed by atoms with Crippen molar-refractivity contribution in [3.8, 4) is 17.2 Å². The highest BCUT2D eigenvalue weighted by molar-refractivity contribution is 5.95. The molecule has 2 amide bonds. The van der Waals surface area contributed by atoms with Crippen molar-refractivity contribution in [1.82, 2.24) is 14.3 Å². The maximum absolute atomic E-state index is 13.1. The van der Waals surface area contributed by atoms with Crippen molar-refractivity contribution < 1.29 is 23.8 Å². The molecule has 2 aliphatic rings. The van der Waals surface area contributed by atoms with Gasteiger partial charge in [-0.3, -0.25) is 9.59 Å². The van der Waals surface area contributed by atoms with Crippen LogP contribution < -0.4 is 19.5 Å². The Morgan fingerprint density at radius 1 is 1.00 bits per heavy atom. The first-order valence-electron chi connectivity index (χ1n) is 12.3. The fraction of sp³-hybridized carbons (Fsp3) is 0.250. The third-order valence-electron chi connectivity index (χ3n) is 6.67. The second kappa shape index (κ2) is 9.85. The first-order valence-corrected chi connectivity index (χ1v) is 12.3. The van der Waals surface area contributed by atoms with Gasteiger partial charge in [0.05, 0.1) is 5.69 Å². The van der Waals surface area contributed by atoms with Gasteiger partial charge in [-0.2, -0.15) is 0 Å². The summed E-state index contributed by atoms with van der Waals surface area (Å²) in [6.45, 7) is 1.54. The van der Waals surface area contributed by atoms with E-state index in [2.05, 4.69) is 10.3 Å². The Kier molecular flexibility index (Phi) is 6.10. The van der Waals surface area contributed by atoms with E-state index in [-0.39, 0.29) is 24.5 Å². The zero-order valence-electron chi connectivity index (χ0n) is 20.1. The molecule has 37 heavy (non-hydrogen) atoms. The van der Waals surface area contributed by atoms with Crippen LogP contribution in [0.4, 0.5) is 5.69 Å². The normalized spacial score (nSPS) is 15.1. The number of hydrogen-bond donors (Lipinski definition) is 1. The molecule has 9 heteroatoms. The first-order chi connectivity index (χ1) is 18.1. The molecule has 6 rings (SSSR count). The fourth-order valence-corrected chi connectivity index (χ4v) is 4.68. The van der Waals surface area contributed by atoms with Crippen molar-refractivity contribution in [1.29, 1.82) is 0 Å². The summed E-state index contributed by atoms with van der Waals surface area (Å²) in [5.74, 6) is 1.65. The van der Waals surface area contributed by atoms with Crippen molar-refractivity contribution in [3.63, 3.8) is 0 Å². The highest BCUT2D eigenvalue weighted by Crippen LogP contribution is 2.34. The molecule has 1 fully saturated rings. The zero-order valence-corrected chi connectivity index (χ0v) is 20.1. The summed E-state index contributed by atoms with van der Waals surface area (Å²) in [6, 6.07) is 18.4. The quantitative estimate of drug-likeness (QED) is 0.430. The minimum absolute atomic E-state index is 0.0479. The lowest BCUT2D eigenvalue weighted by molar-refractivity contribution is -0.121. The Labute approximate surface area is 213 Å². The van der Waals surface area contributed by atoms with Gasteiger partial charge in [0.25, 0.3) is 5.91 Å². The summed E-state index contributed by atoms with van der Waals surface area (Å²) < 4.78 is 18.5. The number of nitrogens with one attached hydrogen (secondary N) is 1. The summed E-state index contributed by atoms with van der Waals surface area (Å²) in [4.78, 5) is 32.3. The number of carbonyl (C=O) groups is 2. The maximum atomic E-state index is 13.1. The monoisotopic (exact) mass is 498 g/mol. The van der Waals surface area contributed by atoms with Gasteiger partial charge in [-0.1, -0.05) is 12.1 Å². The number of nitrogens with zero attached hydrogens (tertiary/aromatic N) is 3. The summed E-state index contributed by atoms with van der Waals surface area (Å²) >= 11 is 0. The molecule has 9 nitrogen and oxygen atoms in total. The van der Waals surface area contributed by atoms with E-state index >= 15 is 0 Å². The van der Waals surface area contributed by atoms with Crippen LogP contribution in [0, 0.1) is 5.92 Å². The smallest absolute Gasteiger partial charge is 0.253 e. The topological polar surface area (TPSA) is 94.4 Å². The Hall–Kier alpha value is -4.53. The predicted molar refractivity (Wildman–Crippen MR) is 136 cm³/mol. The molecule has 0 aliphatic carbocycles. The number of hydrogen-bond acceptors (Lipinski definition) is 6. The number of amides is 2. The molecule has 4 aromatic rings. The van der Waals surface area contributed by atoms with Gasteiger partial charge >= 0.3 is 0 Å². The summed E-state index contributed by atoms with van der Waals surface area (Å²) in [7, 11) is 0. The number of carbonyl (C=O) groups excluding carboxylic acids is 2. The van der Waals surface area contributed by atoms with Crippen molar-refractivity contribution in [2.75, 3.05) is 25.2 Å². The SMILES string of the molecule is O=C(Nc1ccc2c(c1)OCO2)C1CCN(C(=O)c2cccc(OCc3cn4ccccc4n3)c2)CC1. The lowest BCUT2D eigenvalue weighted by atomic mass is 9.95. The Balaban J connectivity index is 1.03. The number of aromatic nitrogens is 2. The van der Waals surface area contributed by atoms with Crippen LogP contribution in [-0.4, -0.2) is 46.0 Å². The van der Waals surface area contributed by atoms with Gasteiger partial charge in [-0.25, -0.2) is 4.98 Å². The number of ether oxygens (including phenoxy) is 3. The number of anilines is 1. The minimum Gasteiger partial charge on any atom is -0.487 e. The summed E-state index contributed by atoms with van der Waals surface area (Å²) in [6.07, 6.45) is 5.07. The zero-order chi connectivity index (χ0) is 25.2. The number of imidazole rings is 1. The molecule has 2 aromatic carbocycles. The number of pyridine rings is 1. The standard InChI is InChI=1S/C28H26N4O5/c33-27(30-21-7-8-24-25(15-21)37-18-36-24)19-9-12-31(13-10-19)28(34)20-4-3-5-23(14-20)35-17-22-16-32-11-2-1-6-26(32)29-22/h1-8,11,14-16,19H,9-10,12-13,17-18H2,(H,30,33). The number of fused-ring (bicyclic) bond motifs is 2. The second-order valence-electron chi connectivity index (χ2n) is 9.14. The molecule has 0 radical (unpaired) electrons. The van der Waals surface area contributed by atoms with Gasteiger partial charge in [0.1, 0.15) is 18.0 Å². The number of rotatable bonds is 6. The Morgan fingerprint density at radius 2 is 1.86 bits per heavy atom. The molecular weight excluding hydrogens is 472 g/mol. The van der Waals surface area contributed by atoms with Gasteiger partial charge in [0.15, 0.2) is 11.5 Å². The fourth-order valence-electron chi connectivity index (χ4n) is 4.68. The van der Waals surface area contributed by atoms with Crippen molar-refractivity contribution in [2.45, 2.75) is 19.4 Å². The van der Waals surface area contributed by atoms with Crippen LogP contribution in [-0.2, 0) is 11.4 Å². The van der Waals surface area contributed by atoms with Crippen molar-refractivity contribution >= 4 is 23.1 Å². The predicted octanol–water partition coefficient (Wildman–Crippen LogP) is 4.13. The van der Waals surface area contributed by atoms with E-state index in [1.165, 1.54) is 0 Å². The van der Waals surface area contributed by atoms with E-state index in [1.54, 1.807) is 35.2 Å². The van der Waals surface area contributed by atoms with Crippen LogP contribution in [0.3, 0.4) is 0 Å². The van der Waals surface area contributed by atoms with E-state index in [0.717, 1.165) is 11.3 Å². The molecule has 1 N–H and O–H groups in total. The molecule has 4 heterocycles. The maximum Gasteiger partial charge on any atom is 0.253 e. The van der Waals surface area contributed by atoms with E-state index < -0.39 is 0 Å². The number of benzene rings is 2. The third-order valence-corrected chi connectivity index (χ3v) is 6.67. The third kappa shape index (κ3) is 4.93. The molecule has 0 atom stereocenters. The van der Waals surface area contributed by atoms with E-state index in [1.807, 2.05) is 47.1 Å². The lowest BCUT2D eigenvalue weighted by Crippen LogP contribution is -2.41. The van der Waals surface area contributed by atoms with Gasteiger partial charge in [0, 0.05) is 48.7 Å². The molecule has 1 saturated heterocycles. The van der Waals surface area contributed by atoms with Gasteiger partial charge < -0.3 is 28.8 Å². The Morgan fingerprint density at radius 3 is 2.73 bits per heavy atom. The average molecular weight is 499 g/mol. The van der Waals surface area contributed by atoms with Crippen LogP contribution in [0.2, 0.25) is 0 Å². The molecule has 0 bridgehead atoms. The van der Waals surface area contributed by atoms with Crippen LogP contribution in [0.1, 0.15) is 28.9 Å². The van der Waals surface area contributed by atoms with Gasteiger partial charge in [-0.05, 0) is 55.3 Å². The number of piperidine rings is 1. The van der Waals surface area contributed by atoms with E-state index in [4.69, 9.17) is 14.2 Å². The van der Waals surface area contributed by atoms with Crippen molar-refractivity contribution in [2.24, 2.45) is 5.92 Å². The molecule has 0 spiro atoms. The van der Waals surface area contributed by atoms with E-state index in [0.29, 0.717) is 61.0 Å². The highest BCUT2D eigenvalue weighted by atomic mass is 16.7. The largest absolute Gasteiger partial charge is 0.487 e. The molecule has 0 saturated carbocycles. The highest BCUT2D eigenvalue weighted by Gasteiger charge is 2.28. The summed E-state index contributed by atoms with van der Waals surface area (Å²) in [5, 5.41) is 2.96. The van der Waals surface area contributed by atoms with Crippen LogP contribution in [0.5, 0.6) is 17.2 Å². The van der Waals surface area contributed by atoms with Crippen LogP contribution in [0.25, 0.3) is 5.65 Å². The molecule has 2 aliphatic heterocycles. The second-order valence-corrected chi connectivity index (χ2v) is 9.14. The van der Waals surface area contributed by atoms with Gasteiger partial charge in [0.2, 0.25) is 12.7 Å². The van der Waals surface area contributed by atoms with Crippen LogP contribution in [0.15, 0.2) is 73.1 Å². The summed E-state index contributed by atoms with van der Waals surface area (Å²) in [5.41, 5.74) is 2.91. The van der Waals surface area contributed by atoms with Crippen molar-refractivity contribution in [3.05, 3.63) is 84.3 Å². The van der Waals surface area contributed by atoms with E-state index in [9.17, 15) is 9.59 Å². The molecule has 0 unspecified atom stereocenters. The van der Waals surface area contributed by atoms with Gasteiger partial charge in [-0.15, -0.1) is 0 Å². The Bertz CT molecular complexity index is 1420.